The van der Waals surface area contributed by atoms with Crippen LogP contribution in [0.3, 0.4) is 0 Å². The van der Waals surface area contributed by atoms with Crippen molar-refractivity contribution in [1.29, 1.82) is 0 Å². The third-order valence-corrected chi connectivity index (χ3v) is 2.82. The molecule has 2 amide bonds. The van der Waals surface area contributed by atoms with Gasteiger partial charge in [0.2, 0.25) is 11.8 Å². The molecule has 1 aromatic heterocycles. The molecule has 92 valence electrons. The van der Waals surface area contributed by atoms with Crippen molar-refractivity contribution in [3.8, 4) is 0 Å². The van der Waals surface area contributed by atoms with E-state index < -0.39 is 17.4 Å². The van der Waals surface area contributed by atoms with E-state index in [1.807, 2.05) is 0 Å². The molecule has 8 heteroatoms. The second-order valence-electron chi connectivity index (χ2n) is 4.13. The minimum Gasteiger partial charge on any atom is -0.407 e. The van der Waals surface area contributed by atoms with E-state index in [9.17, 15) is 9.59 Å². The van der Waals surface area contributed by atoms with Crippen LogP contribution < -0.4 is 10.2 Å². The lowest BCUT2D eigenvalue weighted by Gasteiger charge is -2.38. The molecule has 1 fully saturated rings. The molecule has 17 heavy (non-hydrogen) atoms. The van der Waals surface area contributed by atoms with Crippen LogP contribution in [0.5, 0.6) is 0 Å². The van der Waals surface area contributed by atoms with Gasteiger partial charge in [0.05, 0.1) is 0 Å². The maximum absolute atomic E-state index is 11.7. The van der Waals surface area contributed by atoms with Crippen LogP contribution in [-0.2, 0) is 15.5 Å². The van der Waals surface area contributed by atoms with Crippen molar-refractivity contribution in [3.63, 3.8) is 0 Å². The number of carbonyl (C=O) groups excluding carboxylic acids is 2. The van der Waals surface area contributed by atoms with Gasteiger partial charge >= 0.3 is 6.01 Å². The normalized spacial score (nSPS) is 19.4. The standard InChI is InChI=1S/C9H11ClN4O3/c1-9(2)7(16)11-5(15)4-14(9)8-13-12-6(3-10)17-8/h3-4H2,1-2H3,(H,11,15,16). The van der Waals surface area contributed by atoms with Crippen LogP contribution in [0.1, 0.15) is 19.7 Å². The summed E-state index contributed by atoms with van der Waals surface area (Å²) in [7, 11) is 0. The predicted molar refractivity (Wildman–Crippen MR) is 58.4 cm³/mol. The second-order valence-corrected chi connectivity index (χ2v) is 4.40. The van der Waals surface area contributed by atoms with E-state index in [1.165, 1.54) is 4.90 Å². The number of imide groups is 1. The van der Waals surface area contributed by atoms with Crippen molar-refractivity contribution in [2.45, 2.75) is 25.3 Å². The fourth-order valence-electron chi connectivity index (χ4n) is 1.50. The van der Waals surface area contributed by atoms with Crippen LogP contribution in [0.25, 0.3) is 0 Å². The summed E-state index contributed by atoms with van der Waals surface area (Å²) < 4.78 is 5.24. The summed E-state index contributed by atoms with van der Waals surface area (Å²) in [5.74, 6) is -0.475. The molecule has 0 radical (unpaired) electrons. The number of aromatic nitrogens is 2. The molecule has 0 unspecified atom stereocenters. The molecule has 1 aromatic rings. The van der Waals surface area contributed by atoms with Gasteiger partial charge in [0, 0.05) is 0 Å². The van der Waals surface area contributed by atoms with Crippen LogP contribution in [0.4, 0.5) is 6.01 Å². The number of hydrogen-bond acceptors (Lipinski definition) is 6. The molecule has 1 saturated heterocycles. The quantitative estimate of drug-likeness (QED) is 0.596. The van der Waals surface area contributed by atoms with Crippen molar-refractivity contribution in [3.05, 3.63) is 5.89 Å². The van der Waals surface area contributed by atoms with Gasteiger partial charge in [-0.15, -0.1) is 16.7 Å². The maximum atomic E-state index is 11.7. The van der Waals surface area contributed by atoms with Gasteiger partial charge in [-0.3, -0.25) is 14.9 Å². The molecule has 1 aliphatic heterocycles. The lowest BCUT2D eigenvalue weighted by molar-refractivity contribution is -0.135. The number of nitrogens with one attached hydrogen (secondary N) is 1. The minimum atomic E-state index is -0.927. The summed E-state index contributed by atoms with van der Waals surface area (Å²) >= 11 is 5.55. The Balaban J connectivity index is 2.34. The lowest BCUT2D eigenvalue weighted by Crippen LogP contribution is -2.64. The third kappa shape index (κ3) is 1.97. The van der Waals surface area contributed by atoms with Crippen LogP contribution in [-0.4, -0.2) is 34.1 Å². The Morgan fingerprint density at radius 2 is 2.18 bits per heavy atom. The number of rotatable bonds is 2. The summed E-state index contributed by atoms with van der Waals surface area (Å²) in [5, 5.41) is 9.71. The highest BCUT2D eigenvalue weighted by Crippen LogP contribution is 2.25. The largest absolute Gasteiger partial charge is 0.407 e. The van der Waals surface area contributed by atoms with Crippen molar-refractivity contribution in [2.24, 2.45) is 0 Å². The zero-order chi connectivity index (χ0) is 12.6. The van der Waals surface area contributed by atoms with Gasteiger partial charge in [-0.2, -0.15) is 0 Å². The predicted octanol–water partition coefficient (Wildman–Crippen LogP) is 0.0498. The molecule has 0 aromatic carbocycles. The number of anilines is 1. The van der Waals surface area contributed by atoms with E-state index in [-0.39, 0.29) is 24.3 Å². The Labute approximate surface area is 102 Å². The van der Waals surface area contributed by atoms with Gasteiger partial charge in [-0.05, 0) is 13.8 Å². The van der Waals surface area contributed by atoms with Gasteiger partial charge < -0.3 is 9.32 Å². The van der Waals surface area contributed by atoms with Gasteiger partial charge in [-0.25, -0.2) is 0 Å². The molecule has 0 spiro atoms. The highest BCUT2D eigenvalue weighted by Gasteiger charge is 2.43. The first kappa shape index (κ1) is 11.8. The van der Waals surface area contributed by atoms with Crippen molar-refractivity contribution in [2.75, 3.05) is 11.4 Å². The fourth-order valence-corrected chi connectivity index (χ4v) is 1.61. The first-order chi connectivity index (χ1) is 7.95. The highest BCUT2D eigenvalue weighted by molar-refractivity contribution is 6.16. The zero-order valence-corrected chi connectivity index (χ0v) is 10.1. The first-order valence-electron chi connectivity index (χ1n) is 4.95. The molecule has 0 bridgehead atoms. The maximum Gasteiger partial charge on any atom is 0.319 e. The number of carbonyl (C=O) groups is 2. The van der Waals surface area contributed by atoms with Gasteiger partial charge in [0.1, 0.15) is 18.0 Å². The molecule has 2 heterocycles. The Morgan fingerprint density at radius 1 is 1.47 bits per heavy atom. The summed E-state index contributed by atoms with van der Waals surface area (Å²) in [5.41, 5.74) is -0.927. The zero-order valence-electron chi connectivity index (χ0n) is 9.36. The number of hydrogen-bond donors (Lipinski definition) is 1. The number of alkyl halides is 1. The van der Waals surface area contributed by atoms with E-state index >= 15 is 0 Å². The minimum absolute atomic E-state index is 0.0113. The van der Waals surface area contributed by atoms with Gasteiger partial charge in [0.25, 0.3) is 5.91 Å². The SMILES string of the molecule is CC1(C)C(=O)NC(=O)CN1c1nnc(CCl)o1. The molecule has 7 nitrogen and oxygen atoms in total. The Hall–Kier alpha value is -1.63. The van der Waals surface area contributed by atoms with Gasteiger partial charge in [0.15, 0.2) is 0 Å². The van der Waals surface area contributed by atoms with Crippen molar-refractivity contribution in [1.82, 2.24) is 15.5 Å². The summed E-state index contributed by atoms with van der Waals surface area (Å²) in [4.78, 5) is 24.5. The van der Waals surface area contributed by atoms with E-state index in [1.54, 1.807) is 13.8 Å². The topological polar surface area (TPSA) is 88.3 Å². The molecule has 0 aliphatic carbocycles. The average Bonchev–Trinajstić information content (AvgIpc) is 2.72. The smallest absolute Gasteiger partial charge is 0.319 e. The number of piperazine rings is 1. The van der Waals surface area contributed by atoms with E-state index in [4.69, 9.17) is 16.0 Å². The van der Waals surface area contributed by atoms with Crippen LogP contribution in [0.15, 0.2) is 4.42 Å². The molecular weight excluding hydrogens is 248 g/mol. The molecule has 1 N–H and O–H groups in total. The Kier molecular flexibility index (Phi) is 2.78. The number of nitrogens with zero attached hydrogens (tertiary/aromatic N) is 3. The fraction of sp³-hybridized carbons (Fsp3) is 0.556. The average molecular weight is 259 g/mol. The van der Waals surface area contributed by atoms with Crippen LogP contribution in [0.2, 0.25) is 0 Å². The Bertz CT molecular complexity index is 471. The Morgan fingerprint density at radius 3 is 2.76 bits per heavy atom. The summed E-state index contributed by atoms with van der Waals surface area (Å²) in [6.45, 7) is 3.32. The van der Waals surface area contributed by atoms with Crippen molar-refractivity contribution < 1.29 is 14.0 Å². The molecular formula is C9H11ClN4O3. The number of halogens is 1. The van der Waals surface area contributed by atoms with Crippen LogP contribution >= 0.6 is 11.6 Å². The lowest BCUT2D eigenvalue weighted by atomic mass is 9.99. The molecule has 2 rings (SSSR count). The molecule has 0 atom stereocenters. The second kappa shape index (κ2) is 3.99. The first-order valence-corrected chi connectivity index (χ1v) is 5.49. The monoisotopic (exact) mass is 258 g/mol. The van der Waals surface area contributed by atoms with Gasteiger partial charge in [-0.1, -0.05) is 5.10 Å². The van der Waals surface area contributed by atoms with Crippen LogP contribution in [0, 0.1) is 0 Å². The molecule has 0 saturated carbocycles. The van der Waals surface area contributed by atoms with E-state index in [2.05, 4.69) is 15.5 Å². The summed E-state index contributed by atoms with van der Waals surface area (Å²) in [6.07, 6.45) is 0. The van der Waals surface area contributed by atoms with E-state index in [0.29, 0.717) is 0 Å². The molecule has 1 aliphatic rings. The summed E-state index contributed by atoms with van der Waals surface area (Å²) in [6, 6.07) is 0.119. The number of amides is 2. The third-order valence-electron chi connectivity index (χ3n) is 2.59. The van der Waals surface area contributed by atoms with E-state index in [0.717, 1.165) is 0 Å². The van der Waals surface area contributed by atoms with Crippen molar-refractivity contribution >= 4 is 29.4 Å². The highest BCUT2D eigenvalue weighted by atomic mass is 35.5.